The van der Waals surface area contributed by atoms with Crippen LogP contribution in [0.2, 0.25) is 0 Å². The van der Waals surface area contributed by atoms with E-state index in [1.54, 1.807) is 36.9 Å². The Morgan fingerprint density at radius 2 is 2.27 bits per heavy atom. The maximum atomic E-state index is 13.4. The lowest BCUT2D eigenvalue weighted by atomic mass is 10.1. The molecule has 0 aliphatic carbocycles. The number of anilines is 2. The van der Waals surface area contributed by atoms with Gasteiger partial charge >= 0.3 is 0 Å². The molecule has 8 nitrogen and oxygen atoms in total. The summed E-state index contributed by atoms with van der Waals surface area (Å²) in [6, 6.07) is 3.74. The normalized spacial score (nSPS) is 18.9. The number of nitrogens with two attached hydrogens (primary N) is 1. The van der Waals surface area contributed by atoms with E-state index in [1.165, 1.54) is 0 Å². The molecule has 0 unspecified atom stereocenters. The van der Waals surface area contributed by atoms with Crippen LogP contribution < -0.4 is 16.0 Å². The second-order valence-corrected chi connectivity index (χ2v) is 8.07. The molecular weight excluding hydrogens is 416 g/mol. The van der Waals surface area contributed by atoms with Crippen LogP contribution in [0, 0.1) is 0 Å². The number of hydrogen-bond donors (Lipinski definition) is 2. The maximum absolute atomic E-state index is 13.4. The summed E-state index contributed by atoms with van der Waals surface area (Å²) in [7, 11) is 0. The monoisotopic (exact) mass is 435 g/mol. The van der Waals surface area contributed by atoms with E-state index in [2.05, 4.69) is 10.3 Å². The molecule has 2 aliphatic heterocycles. The first-order valence-corrected chi connectivity index (χ1v) is 10.2. The molecule has 2 aliphatic rings. The number of carbonyl (C=O) groups is 1. The predicted molar refractivity (Wildman–Crippen MR) is 108 cm³/mol. The summed E-state index contributed by atoms with van der Waals surface area (Å²) in [4.78, 5) is 29.1. The van der Waals surface area contributed by atoms with Gasteiger partial charge in [-0.25, -0.2) is 18.6 Å². The molecule has 2 aromatic rings. The lowest BCUT2D eigenvalue weighted by Crippen LogP contribution is -2.36. The number of carbonyl (C=O) groups excluding carboxylic acids is 2. The molecule has 1 saturated heterocycles. The zero-order chi connectivity index (χ0) is 21.4. The van der Waals surface area contributed by atoms with Gasteiger partial charge in [0.1, 0.15) is 24.5 Å². The first kappa shape index (κ1) is 20.2. The molecular formula is C19H19F2N5O3S. The third-order valence-corrected chi connectivity index (χ3v) is 5.99. The van der Waals surface area contributed by atoms with Gasteiger partial charge in [0.2, 0.25) is 5.91 Å². The van der Waals surface area contributed by atoms with Crippen molar-refractivity contribution in [2.75, 3.05) is 22.6 Å². The molecule has 0 bridgehead atoms. The molecule has 1 fully saturated rings. The Balaban J connectivity index is 1.71. The van der Waals surface area contributed by atoms with Gasteiger partial charge in [0.05, 0.1) is 0 Å². The fourth-order valence-electron chi connectivity index (χ4n) is 3.39. The van der Waals surface area contributed by atoms with Gasteiger partial charge in [-0.15, -0.1) is 11.8 Å². The Morgan fingerprint density at radius 3 is 2.97 bits per heavy atom. The van der Waals surface area contributed by atoms with Crippen molar-refractivity contribution < 1.29 is 23.1 Å². The number of fused-ring (bicyclic) bond motifs is 3. The van der Waals surface area contributed by atoms with Crippen molar-refractivity contribution in [1.82, 2.24) is 9.55 Å². The number of thioether (sulfide) groups is 1. The molecule has 1 aromatic carbocycles. The van der Waals surface area contributed by atoms with Crippen molar-refractivity contribution in [3.8, 4) is 11.4 Å². The van der Waals surface area contributed by atoms with Crippen LogP contribution in [0.3, 0.4) is 0 Å². The van der Waals surface area contributed by atoms with Crippen molar-refractivity contribution in [3.05, 3.63) is 30.3 Å². The van der Waals surface area contributed by atoms with E-state index in [-0.39, 0.29) is 18.3 Å². The Hall–Kier alpha value is -3.04. The van der Waals surface area contributed by atoms with E-state index in [4.69, 9.17) is 10.5 Å². The number of alkyl halides is 2. The molecule has 3 N–H and O–H groups in total. The van der Waals surface area contributed by atoms with Crippen molar-refractivity contribution in [2.24, 2.45) is 5.73 Å². The van der Waals surface area contributed by atoms with Crippen LogP contribution in [0.5, 0.6) is 0 Å². The van der Waals surface area contributed by atoms with E-state index in [1.807, 2.05) is 16.7 Å². The number of ether oxygens (including phenoxy) is 1. The number of rotatable bonds is 5. The third-order valence-electron chi connectivity index (χ3n) is 4.95. The van der Waals surface area contributed by atoms with E-state index in [0.717, 1.165) is 26.8 Å². The number of imidazole rings is 1. The summed E-state index contributed by atoms with van der Waals surface area (Å²) in [6.45, 7) is 1.98. The van der Waals surface area contributed by atoms with Crippen LogP contribution in [0.4, 0.5) is 20.3 Å². The van der Waals surface area contributed by atoms with Gasteiger partial charge in [-0.3, -0.25) is 9.69 Å². The van der Waals surface area contributed by atoms with E-state index in [9.17, 15) is 18.4 Å². The average molecular weight is 435 g/mol. The van der Waals surface area contributed by atoms with Crippen molar-refractivity contribution in [1.29, 1.82) is 0 Å². The lowest BCUT2D eigenvalue weighted by molar-refractivity contribution is -0.118. The minimum atomic E-state index is -2.71. The van der Waals surface area contributed by atoms with Crippen LogP contribution in [0.25, 0.3) is 11.4 Å². The van der Waals surface area contributed by atoms with Crippen LogP contribution in [0.1, 0.15) is 6.92 Å². The number of hydrogen-bond acceptors (Lipinski definition) is 7. The van der Waals surface area contributed by atoms with Gasteiger partial charge in [0.25, 0.3) is 12.3 Å². The van der Waals surface area contributed by atoms with Crippen LogP contribution in [0.15, 0.2) is 35.2 Å². The summed E-state index contributed by atoms with van der Waals surface area (Å²) in [5, 5.41) is 3.05. The number of halogens is 2. The quantitative estimate of drug-likeness (QED) is 0.694. The summed E-state index contributed by atoms with van der Waals surface area (Å²) < 4.78 is 33.8. The highest BCUT2D eigenvalue weighted by Crippen LogP contribution is 2.39. The van der Waals surface area contributed by atoms with Crippen molar-refractivity contribution in [2.45, 2.75) is 36.9 Å². The Kier molecular flexibility index (Phi) is 5.40. The van der Waals surface area contributed by atoms with Crippen molar-refractivity contribution >= 4 is 35.1 Å². The number of primary amides is 1. The Labute approximate surface area is 175 Å². The summed E-state index contributed by atoms with van der Waals surface area (Å²) in [5.41, 5.74) is 6.88. The highest BCUT2D eigenvalue weighted by Gasteiger charge is 2.40. The van der Waals surface area contributed by atoms with Crippen LogP contribution >= 0.6 is 11.8 Å². The average Bonchev–Trinajstić information content (AvgIpc) is 3.28. The molecule has 3 heterocycles. The summed E-state index contributed by atoms with van der Waals surface area (Å²) in [6.07, 6.45) is -1.06. The smallest absolute Gasteiger partial charge is 0.284 e. The standard InChI is InChI=1S/C19H19F2N5O3S/c1-10(18(22)28)23-11-2-3-12-14(6-11)30-5-4-25-7-15(24-19(12)25)26-13(17(20)21)9-29-16(26)8-27/h2-3,6-7,10,13,17,23H,4-5,9H2,1H3,(H2,22,28)/t10-,13-/m0/s1. The number of nitrogens with zero attached hydrogens (tertiary/aromatic N) is 3. The van der Waals surface area contributed by atoms with Crippen LogP contribution in [-0.4, -0.2) is 52.3 Å². The fourth-order valence-corrected chi connectivity index (χ4v) is 4.42. The number of benzene rings is 1. The Morgan fingerprint density at radius 1 is 1.47 bits per heavy atom. The molecule has 0 radical (unpaired) electrons. The number of aromatic nitrogens is 2. The second kappa shape index (κ2) is 8.00. The zero-order valence-electron chi connectivity index (χ0n) is 16.0. The molecule has 4 rings (SSSR count). The fraction of sp³-hybridized carbons (Fsp3) is 0.368. The van der Waals surface area contributed by atoms with E-state index in [0.29, 0.717) is 12.4 Å². The van der Waals surface area contributed by atoms with Gasteiger partial charge in [-0.05, 0) is 25.1 Å². The van der Waals surface area contributed by atoms with Crippen LogP contribution in [-0.2, 0) is 20.9 Å². The highest BCUT2D eigenvalue weighted by atomic mass is 32.2. The second-order valence-electron chi connectivity index (χ2n) is 6.93. The SMILES string of the molecule is C[C@H](Nc1ccc2c(c1)SCCn1cc(N3C(=C=O)OC[C@H]3C(F)F)nc1-2)C(N)=O. The molecule has 30 heavy (non-hydrogen) atoms. The van der Waals surface area contributed by atoms with Gasteiger partial charge in [-0.1, -0.05) is 0 Å². The molecule has 0 saturated carbocycles. The first-order chi connectivity index (χ1) is 14.4. The molecule has 1 amide bonds. The number of aryl methyl sites for hydroxylation is 1. The minimum Gasteiger partial charge on any atom is -0.468 e. The Bertz CT molecular complexity index is 1040. The largest absolute Gasteiger partial charge is 0.468 e. The lowest BCUT2D eigenvalue weighted by Gasteiger charge is -2.19. The van der Waals surface area contributed by atoms with E-state index < -0.39 is 24.4 Å². The van der Waals surface area contributed by atoms with Gasteiger partial charge in [-0.2, -0.15) is 0 Å². The van der Waals surface area contributed by atoms with Gasteiger partial charge < -0.3 is 20.4 Å². The van der Waals surface area contributed by atoms with Crippen molar-refractivity contribution in [3.63, 3.8) is 0 Å². The summed E-state index contributed by atoms with van der Waals surface area (Å²) in [5.74, 6) is 2.38. The predicted octanol–water partition coefficient (Wildman–Crippen LogP) is 2.08. The summed E-state index contributed by atoms with van der Waals surface area (Å²) >= 11 is 1.63. The molecule has 0 spiro atoms. The number of amides is 1. The first-order valence-electron chi connectivity index (χ1n) is 9.24. The molecule has 158 valence electrons. The molecule has 2 atom stereocenters. The zero-order valence-corrected chi connectivity index (χ0v) is 16.8. The molecule has 1 aromatic heterocycles. The third kappa shape index (κ3) is 3.61. The molecule has 11 heteroatoms. The minimum absolute atomic E-state index is 0.216. The van der Waals surface area contributed by atoms with Gasteiger partial charge in [0.15, 0.2) is 11.8 Å². The number of nitrogens with one attached hydrogen (secondary N) is 1. The highest BCUT2D eigenvalue weighted by molar-refractivity contribution is 7.99. The topological polar surface area (TPSA) is 102 Å². The van der Waals surface area contributed by atoms with E-state index >= 15 is 0 Å². The van der Waals surface area contributed by atoms with Gasteiger partial charge in [0, 0.05) is 34.6 Å². The maximum Gasteiger partial charge on any atom is 0.284 e.